The number of methoxy groups -OCH3 is 1. The second-order valence-electron chi connectivity index (χ2n) is 3.01. The third kappa shape index (κ3) is 1.41. The van der Waals surface area contributed by atoms with Crippen molar-refractivity contribution in [3.63, 3.8) is 0 Å². The van der Waals surface area contributed by atoms with Crippen molar-refractivity contribution in [3.8, 4) is 0 Å². The van der Waals surface area contributed by atoms with Gasteiger partial charge in [-0.2, -0.15) is 0 Å². The van der Waals surface area contributed by atoms with E-state index in [1.165, 1.54) is 0 Å². The van der Waals surface area contributed by atoms with Crippen LogP contribution in [0.1, 0.15) is 6.92 Å². The molecule has 0 aromatic rings. The first kappa shape index (κ1) is 9.00. The van der Waals surface area contributed by atoms with Crippen molar-refractivity contribution in [2.75, 3.05) is 7.11 Å². The molecule has 2 N–H and O–H groups in total. The van der Waals surface area contributed by atoms with Gasteiger partial charge in [-0.05, 0) is 6.92 Å². The van der Waals surface area contributed by atoms with Gasteiger partial charge >= 0.3 is 0 Å². The van der Waals surface area contributed by atoms with Gasteiger partial charge in [-0.1, -0.05) is 24.3 Å². The number of allylic oxidation sites excluding steroid dienone is 2. The highest BCUT2D eigenvalue weighted by Crippen LogP contribution is 2.26. The van der Waals surface area contributed by atoms with Crippen LogP contribution >= 0.6 is 0 Å². The van der Waals surface area contributed by atoms with Crippen LogP contribution in [-0.2, 0) is 9.53 Å². The number of carbonyl (C=O) groups excluding carboxylic acids is 1. The van der Waals surface area contributed by atoms with Gasteiger partial charge in [-0.15, -0.1) is 0 Å². The van der Waals surface area contributed by atoms with Gasteiger partial charge < -0.3 is 10.5 Å². The van der Waals surface area contributed by atoms with Crippen LogP contribution < -0.4 is 5.73 Å². The molecule has 2 atom stereocenters. The molecule has 0 radical (unpaired) electrons. The molecule has 1 rings (SSSR count). The monoisotopic (exact) mass is 167 g/mol. The molecule has 3 nitrogen and oxygen atoms in total. The Morgan fingerprint density at radius 3 is 2.67 bits per heavy atom. The van der Waals surface area contributed by atoms with E-state index in [0.717, 1.165) is 0 Å². The zero-order chi connectivity index (χ0) is 9.19. The largest absolute Gasteiger partial charge is 0.373 e. The summed E-state index contributed by atoms with van der Waals surface area (Å²) in [7, 11) is 1.57. The van der Waals surface area contributed by atoms with Gasteiger partial charge in [0.25, 0.3) is 0 Å². The standard InChI is InChI=1S/C9H13NO2/c1-9(12-2)6-4-3-5-7(9)8(10)11/h3-7H,1-2H3,(H2,10,11). The van der Waals surface area contributed by atoms with E-state index in [9.17, 15) is 4.79 Å². The van der Waals surface area contributed by atoms with E-state index in [-0.39, 0.29) is 11.8 Å². The number of carbonyl (C=O) groups is 1. The van der Waals surface area contributed by atoms with E-state index in [2.05, 4.69) is 0 Å². The van der Waals surface area contributed by atoms with Crippen LogP contribution in [0.4, 0.5) is 0 Å². The molecule has 0 saturated carbocycles. The van der Waals surface area contributed by atoms with Crippen LogP contribution in [0.3, 0.4) is 0 Å². The third-order valence-electron chi connectivity index (χ3n) is 2.21. The fourth-order valence-electron chi connectivity index (χ4n) is 1.29. The lowest BCUT2D eigenvalue weighted by Gasteiger charge is -2.31. The van der Waals surface area contributed by atoms with E-state index >= 15 is 0 Å². The van der Waals surface area contributed by atoms with Crippen molar-refractivity contribution >= 4 is 5.91 Å². The summed E-state index contributed by atoms with van der Waals surface area (Å²) in [5.41, 5.74) is 4.63. The smallest absolute Gasteiger partial charge is 0.227 e. The molecule has 0 fully saturated rings. The minimum Gasteiger partial charge on any atom is -0.373 e. The number of nitrogens with two attached hydrogens (primary N) is 1. The van der Waals surface area contributed by atoms with Crippen LogP contribution in [0, 0.1) is 5.92 Å². The topological polar surface area (TPSA) is 52.3 Å². The Labute approximate surface area is 71.9 Å². The summed E-state index contributed by atoms with van der Waals surface area (Å²) >= 11 is 0. The van der Waals surface area contributed by atoms with Crippen molar-refractivity contribution in [1.29, 1.82) is 0 Å². The van der Waals surface area contributed by atoms with Crippen LogP contribution in [-0.4, -0.2) is 18.6 Å². The summed E-state index contributed by atoms with van der Waals surface area (Å²) in [5.74, 6) is -0.729. The van der Waals surface area contributed by atoms with Crippen molar-refractivity contribution in [2.24, 2.45) is 11.7 Å². The Morgan fingerprint density at radius 2 is 2.25 bits per heavy atom. The summed E-state index contributed by atoms with van der Waals surface area (Å²) < 4.78 is 5.21. The highest BCUT2D eigenvalue weighted by atomic mass is 16.5. The molecule has 2 unspecified atom stereocenters. The van der Waals surface area contributed by atoms with Gasteiger partial charge in [0.05, 0.1) is 11.5 Å². The first-order chi connectivity index (χ1) is 5.60. The van der Waals surface area contributed by atoms with Crippen LogP contribution in [0.2, 0.25) is 0 Å². The van der Waals surface area contributed by atoms with E-state index in [0.29, 0.717) is 0 Å². The van der Waals surface area contributed by atoms with E-state index in [1.807, 2.05) is 19.1 Å². The van der Waals surface area contributed by atoms with Gasteiger partial charge in [0, 0.05) is 7.11 Å². The molecule has 0 saturated heterocycles. The number of hydrogen-bond acceptors (Lipinski definition) is 2. The molecule has 0 spiro atoms. The van der Waals surface area contributed by atoms with Gasteiger partial charge in [-0.3, -0.25) is 4.79 Å². The molecule has 0 aromatic carbocycles. The number of primary amides is 1. The molecule has 1 amide bonds. The SMILES string of the molecule is COC1(C)C=CC=CC1C(N)=O. The minimum absolute atomic E-state index is 0.361. The first-order valence-electron chi connectivity index (χ1n) is 3.80. The lowest BCUT2D eigenvalue weighted by molar-refractivity contribution is -0.126. The number of rotatable bonds is 2. The molecule has 0 aliphatic heterocycles. The summed E-state index contributed by atoms with van der Waals surface area (Å²) in [5, 5.41) is 0. The van der Waals surface area contributed by atoms with E-state index in [4.69, 9.17) is 10.5 Å². The van der Waals surface area contributed by atoms with Crippen LogP contribution in [0.15, 0.2) is 24.3 Å². The van der Waals surface area contributed by atoms with Crippen molar-refractivity contribution < 1.29 is 9.53 Å². The third-order valence-corrected chi connectivity index (χ3v) is 2.21. The summed E-state index contributed by atoms with van der Waals surface area (Å²) in [6.45, 7) is 1.84. The highest BCUT2D eigenvalue weighted by molar-refractivity contribution is 5.80. The quantitative estimate of drug-likeness (QED) is 0.655. The van der Waals surface area contributed by atoms with Crippen molar-refractivity contribution in [1.82, 2.24) is 0 Å². The van der Waals surface area contributed by atoms with Crippen LogP contribution in [0.25, 0.3) is 0 Å². The maximum atomic E-state index is 11.0. The average Bonchev–Trinajstić information content (AvgIpc) is 2.05. The van der Waals surface area contributed by atoms with Gasteiger partial charge in [0.2, 0.25) is 5.91 Å². The predicted molar refractivity (Wildman–Crippen MR) is 46.4 cm³/mol. The molecule has 0 heterocycles. The van der Waals surface area contributed by atoms with Gasteiger partial charge in [-0.25, -0.2) is 0 Å². The molecular weight excluding hydrogens is 154 g/mol. The van der Waals surface area contributed by atoms with Gasteiger partial charge in [0.15, 0.2) is 0 Å². The first-order valence-corrected chi connectivity index (χ1v) is 3.80. The maximum absolute atomic E-state index is 11.0. The van der Waals surface area contributed by atoms with Crippen LogP contribution in [0.5, 0.6) is 0 Å². The van der Waals surface area contributed by atoms with Gasteiger partial charge in [0.1, 0.15) is 0 Å². The molecule has 0 aromatic heterocycles. The molecule has 12 heavy (non-hydrogen) atoms. The Hall–Kier alpha value is -1.09. The fraction of sp³-hybridized carbons (Fsp3) is 0.444. The molecule has 0 bridgehead atoms. The Kier molecular flexibility index (Phi) is 2.33. The average molecular weight is 167 g/mol. The molecule has 1 aliphatic rings. The fourth-order valence-corrected chi connectivity index (χ4v) is 1.29. The van der Waals surface area contributed by atoms with Crippen molar-refractivity contribution in [2.45, 2.75) is 12.5 Å². The molecular formula is C9H13NO2. The lowest BCUT2D eigenvalue weighted by Crippen LogP contribution is -2.42. The second-order valence-corrected chi connectivity index (χ2v) is 3.01. The highest BCUT2D eigenvalue weighted by Gasteiger charge is 2.35. The Balaban J connectivity index is 2.92. The maximum Gasteiger partial charge on any atom is 0.227 e. The summed E-state index contributed by atoms with van der Waals surface area (Å²) in [4.78, 5) is 11.0. The Morgan fingerprint density at radius 1 is 1.58 bits per heavy atom. The van der Waals surface area contributed by atoms with Crippen molar-refractivity contribution in [3.05, 3.63) is 24.3 Å². The molecule has 66 valence electrons. The Bertz CT molecular complexity index is 245. The number of hydrogen-bond donors (Lipinski definition) is 1. The predicted octanol–water partition coefficient (Wildman–Crippen LogP) is 0.619. The normalized spacial score (nSPS) is 33.7. The molecule has 1 aliphatic carbocycles. The lowest BCUT2D eigenvalue weighted by atomic mass is 9.85. The zero-order valence-electron chi connectivity index (χ0n) is 7.28. The number of ether oxygens (including phenoxy) is 1. The molecule has 3 heteroatoms. The second kappa shape index (κ2) is 3.11. The number of amides is 1. The van der Waals surface area contributed by atoms with E-state index < -0.39 is 5.60 Å². The van der Waals surface area contributed by atoms with E-state index in [1.54, 1.807) is 19.3 Å². The minimum atomic E-state index is -0.583. The zero-order valence-corrected chi connectivity index (χ0v) is 7.28. The summed E-state index contributed by atoms with van der Waals surface area (Å²) in [6.07, 6.45) is 7.24. The summed E-state index contributed by atoms with van der Waals surface area (Å²) in [6, 6.07) is 0.